The van der Waals surface area contributed by atoms with E-state index in [0.717, 1.165) is 11.4 Å². The third-order valence-corrected chi connectivity index (χ3v) is 3.03. The van der Waals surface area contributed by atoms with E-state index in [1.54, 1.807) is 11.4 Å². The highest BCUT2D eigenvalue weighted by Crippen LogP contribution is 2.12. The number of aromatic nitrogens is 3. The van der Waals surface area contributed by atoms with Gasteiger partial charge in [0.2, 0.25) is 0 Å². The Morgan fingerprint density at radius 2 is 2.15 bits per heavy atom. The molecule has 7 heteroatoms. The van der Waals surface area contributed by atoms with Crippen molar-refractivity contribution in [3.63, 3.8) is 0 Å². The van der Waals surface area contributed by atoms with E-state index in [0.29, 0.717) is 12.1 Å². The summed E-state index contributed by atoms with van der Waals surface area (Å²) < 4.78 is 1.56. The molecule has 0 aromatic carbocycles. The van der Waals surface area contributed by atoms with Gasteiger partial charge in [-0.1, -0.05) is 6.92 Å². The lowest BCUT2D eigenvalue weighted by molar-refractivity contribution is -0.139. The van der Waals surface area contributed by atoms with E-state index in [2.05, 4.69) is 15.4 Å². The summed E-state index contributed by atoms with van der Waals surface area (Å²) in [6, 6.07) is 0.941. The van der Waals surface area contributed by atoms with Crippen LogP contribution in [-0.4, -0.2) is 37.6 Å². The SMILES string of the molecule is CC[C@H](NC(=O)c1cnn2c(C)cc(C)nc12)C(=O)O. The number of hydrogen-bond donors (Lipinski definition) is 2. The van der Waals surface area contributed by atoms with Gasteiger partial charge in [-0.3, -0.25) is 4.79 Å². The fourth-order valence-corrected chi connectivity index (χ4v) is 2.01. The molecule has 1 atom stereocenters. The van der Waals surface area contributed by atoms with Crippen LogP contribution in [0, 0.1) is 13.8 Å². The molecule has 0 aliphatic carbocycles. The zero-order chi connectivity index (χ0) is 14.9. The number of carboxylic acids is 1. The van der Waals surface area contributed by atoms with Crippen LogP contribution in [0.5, 0.6) is 0 Å². The molecule has 0 aliphatic rings. The van der Waals surface area contributed by atoms with Crippen LogP contribution in [0.25, 0.3) is 5.65 Å². The van der Waals surface area contributed by atoms with Crippen LogP contribution in [0.1, 0.15) is 35.1 Å². The van der Waals surface area contributed by atoms with E-state index in [9.17, 15) is 9.59 Å². The van der Waals surface area contributed by atoms with Crippen molar-refractivity contribution in [3.05, 3.63) is 29.2 Å². The number of carbonyl (C=O) groups excluding carboxylic acids is 1. The van der Waals surface area contributed by atoms with Crippen molar-refractivity contribution in [3.8, 4) is 0 Å². The zero-order valence-electron chi connectivity index (χ0n) is 11.5. The molecular formula is C13H16N4O3. The summed E-state index contributed by atoms with van der Waals surface area (Å²) in [5.74, 6) is -1.54. The van der Waals surface area contributed by atoms with Crippen molar-refractivity contribution < 1.29 is 14.7 Å². The average molecular weight is 276 g/mol. The number of aliphatic carboxylic acids is 1. The van der Waals surface area contributed by atoms with Gasteiger partial charge >= 0.3 is 5.97 Å². The van der Waals surface area contributed by atoms with Crippen LogP contribution in [0.15, 0.2) is 12.3 Å². The number of fused-ring (bicyclic) bond motifs is 1. The van der Waals surface area contributed by atoms with Crippen LogP contribution >= 0.6 is 0 Å². The van der Waals surface area contributed by atoms with Crippen molar-refractivity contribution in [2.75, 3.05) is 0 Å². The van der Waals surface area contributed by atoms with Gasteiger partial charge < -0.3 is 10.4 Å². The second kappa shape index (κ2) is 5.28. The topological polar surface area (TPSA) is 96.6 Å². The standard InChI is InChI=1S/C13H16N4O3/c1-4-10(13(19)20)16-12(18)9-6-14-17-8(3)5-7(2)15-11(9)17/h5-6,10H,4H2,1-3H3,(H,16,18)(H,19,20)/t10-/m0/s1. The highest BCUT2D eigenvalue weighted by Gasteiger charge is 2.21. The molecule has 2 heterocycles. The molecule has 0 fully saturated rings. The maximum Gasteiger partial charge on any atom is 0.326 e. The first-order valence-corrected chi connectivity index (χ1v) is 6.29. The number of nitrogens with zero attached hydrogens (tertiary/aromatic N) is 3. The molecule has 1 amide bonds. The first-order valence-electron chi connectivity index (χ1n) is 6.29. The molecule has 0 saturated carbocycles. The molecule has 0 radical (unpaired) electrons. The number of amides is 1. The number of aryl methyl sites for hydroxylation is 2. The van der Waals surface area contributed by atoms with Gasteiger partial charge in [-0.05, 0) is 26.3 Å². The van der Waals surface area contributed by atoms with E-state index in [1.165, 1.54) is 6.20 Å². The van der Waals surface area contributed by atoms with Crippen LogP contribution in [-0.2, 0) is 4.79 Å². The van der Waals surface area contributed by atoms with Crippen LogP contribution in [0.4, 0.5) is 0 Å². The van der Waals surface area contributed by atoms with Crippen LogP contribution in [0.2, 0.25) is 0 Å². The van der Waals surface area contributed by atoms with Crippen molar-refractivity contribution >= 4 is 17.5 Å². The zero-order valence-corrected chi connectivity index (χ0v) is 11.5. The highest BCUT2D eigenvalue weighted by atomic mass is 16.4. The Labute approximate surface area is 115 Å². The second-order valence-corrected chi connectivity index (χ2v) is 4.61. The summed E-state index contributed by atoms with van der Waals surface area (Å²) in [5.41, 5.74) is 2.34. The molecule has 2 aromatic heterocycles. The summed E-state index contributed by atoms with van der Waals surface area (Å²) in [5, 5.41) is 15.5. The number of carboxylic acid groups (broad SMARTS) is 1. The van der Waals surface area contributed by atoms with Gasteiger partial charge in [0.05, 0.1) is 6.20 Å². The van der Waals surface area contributed by atoms with Gasteiger partial charge in [0, 0.05) is 11.4 Å². The van der Waals surface area contributed by atoms with Crippen molar-refractivity contribution in [2.24, 2.45) is 0 Å². The maximum absolute atomic E-state index is 12.1. The van der Waals surface area contributed by atoms with Gasteiger partial charge in [-0.25, -0.2) is 14.3 Å². The summed E-state index contributed by atoms with van der Waals surface area (Å²) >= 11 is 0. The summed E-state index contributed by atoms with van der Waals surface area (Å²) in [4.78, 5) is 27.4. The fourth-order valence-electron chi connectivity index (χ4n) is 2.01. The summed E-state index contributed by atoms with van der Waals surface area (Å²) in [6.07, 6.45) is 1.71. The number of carbonyl (C=O) groups is 2. The van der Waals surface area contributed by atoms with E-state index in [-0.39, 0.29) is 5.56 Å². The molecule has 0 unspecified atom stereocenters. The predicted molar refractivity (Wildman–Crippen MR) is 71.6 cm³/mol. The largest absolute Gasteiger partial charge is 0.480 e. The first-order chi connectivity index (χ1) is 9.43. The molecule has 2 N–H and O–H groups in total. The summed E-state index contributed by atoms with van der Waals surface area (Å²) in [6.45, 7) is 5.39. The molecule has 7 nitrogen and oxygen atoms in total. The molecule has 106 valence electrons. The first kappa shape index (κ1) is 14.0. The molecule has 0 spiro atoms. The molecule has 0 bridgehead atoms. The van der Waals surface area contributed by atoms with E-state index in [4.69, 9.17) is 5.11 Å². The molecule has 2 rings (SSSR count). The van der Waals surface area contributed by atoms with Gasteiger partial charge in [0.1, 0.15) is 11.6 Å². The minimum absolute atomic E-state index is 0.275. The van der Waals surface area contributed by atoms with E-state index >= 15 is 0 Å². The molecular weight excluding hydrogens is 260 g/mol. The lowest BCUT2D eigenvalue weighted by Crippen LogP contribution is -2.40. The Morgan fingerprint density at radius 3 is 2.75 bits per heavy atom. The van der Waals surface area contributed by atoms with Gasteiger partial charge in [-0.15, -0.1) is 0 Å². The highest BCUT2D eigenvalue weighted by molar-refractivity contribution is 6.01. The Bertz CT molecular complexity index is 678. The Balaban J connectivity index is 2.38. The molecule has 20 heavy (non-hydrogen) atoms. The Kier molecular flexibility index (Phi) is 3.69. The number of rotatable bonds is 4. The summed E-state index contributed by atoms with van der Waals surface area (Å²) in [7, 11) is 0. The monoisotopic (exact) mass is 276 g/mol. The number of hydrogen-bond acceptors (Lipinski definition) is 4. The second-order valence-electron chi connectivity index (χ2n) is 4.61. The lowest BCUT2D eigenvalue weighted by Gasteiger charge is -2.11. The molecule has 2 aromatic rings. The Hall–Kier alpha value is -2.44. The van der Waals surface area contributed by atoms with Gasteiger partial charge in [0.15, 0.2) is 5.65 Å². The normalized spacial score (nSPS) is 12.3. The van der Waals surface area contributed by atoms with E-state index in [1.807, 2.05) is 19.9 Å². The third-order valence-electron chi connectivity index (χ3n) is 3.03. The maximum atomic E-state index is 12.1. The van der Waals surface area contributed by atoms with Crippen molar-refractivity contribution in [2.45, 2.75) is 33.2 Å². The lowest BCUT2D eigenvalue weighted by atomic mass is 10.2. The van der Waals surface area contributed by atoms with Gasteiger partial charge in [0.25, 0.3) is 5.91 Å². The predicted octanol–water partition coefficient (Wildman–Crippen LogP) is 0.939. The van der Waals surface area contributed by atoms with Crippen molar-refractivity contribution in [1.82, 2.24) is 19.9 Å². The third kappa shape index (κ3) is 2.47. The van der Waals surface area contributed by atoms with Crippen molar-refractivity contribution in [1.29, 1.82) is 0 Å². The molecule has 0 aliphatic heterocycles. The average Bonchev–Trinajstić information content (AvgIpc) is 2.79. The van der Waals surface area contributed by atoms with E-state index < -0.39 is 17.9 Å². The van der Waals surface area contributed by atoms with Crippen LogP contribution in [0.3, 0.4) is 0 Å². The van der Waals surface area contributed by atoms with Crippen LogP contribution < -0.4 is 5.32 Å². The number of nitrogens with one attached hydrogen (secondary N) is 1. The fraction of sp³-hybridized carbons (Fsp3) is 0.385. The minimum atomic E-state index is -1.06. The Morgan fingerprint density at radius 1 is 1.45 bits per heavy atom. The van der Waals surface area contributed by atoms with Gasteiger partial charge in [-0.2, -0.15) is 5.10 Å². The quantitative estimate of drug-likeness (QED) is 0.866. The minimum Gasteiger partial charge on any atom is -0.480 e. The molecule has 0 saturated heterocycles. The smallest absolute Gasteiger partial charge is 0.326 e.